The number of H-pyrrole nitrogens is 1. The molecule has 1 heterocycles. The zero-order valence-corrected chi connectivity index (χ0v) is 12.5. The molecule has 0 unspecified atom stereocenters. The molecule has 2 N–H and O–H groups in total. The average Bonchev–Trinajstić information content (AvgIpc) is 3.06. The van der Waals surface area contributed by atoms with Gasteiger partial charge in [0.15, 0.2) is 17.3 Å². The Morgan fingerprint density at radius 3 is 2.36 bits per heavy atom. The zero-order chi connectivity index (χ0) is 15.9. The summed E-state index contributed by atoms with van der Waals surface area (Å²) in [5.41, 5.74) is 0.405. The first kappa shape index (κ1) is 15.5. The van der Waals surface area contributed by atoms with Crippen molar-refractivity contribution < 1.29 is 19.0 Å². The van der Waals surface area contributed by atoms with Crippen LogP contribution in [0.5, 0.6) is 17.2 Å². The Bertz CT molecular complexity index is 604. The van der Waals surface area contributed by atoms with E-state index in [1.165, 1.54) is 21.3 Å². The first-order valence-electron chi connectivity index (χ1n) is 6.50. The molecule has 1 aromatic heterocycles. The van der Waals surface area contributed by atoms with Crippen molar-refractivity contribution >= 4 is 5.91 Å². The van der Waals surface area contributed by atoms with E-state index in [0.29, 0.717) is 41.6 Å². The third kappa shape index (κ3) is 3.43. The van der Waals surface area contributed by atoms with Crippen molar-refractivity contribution in [3.8, 4) is 17.2 Å². The lowest BCUT2D eigenvalue weighted by Crippen LogP contribution is -2.26. The van der Waals surface area contributed by atoms with Gasteiger partial charge < -0.3 is 19.5 Å². The van der Waals surface area contributed by atoms with Gasteiger partial charge in [-0.05, 0) is 12.1 Å². The van der Waals surface area contributed by atoms with Gasteiger partial charge in [-0.3, -0.25) is 4.79 Å². The molecule has 1 aromatic carbocycles. The van der Waals surface area contributed by atoms with Crippen molar-refractivity contribution in [3.05, 3.63) is 23.5 Å². The summed E-state index contributed by atoms with van der Waals surface area (Å²) in [7, 11) is 4.50. The first-order chi connectivity index (χ1) is 10.7. The number of tetrazole rings is 1. The number of methoxy groups -OCH3 is 3. The molecule has 0 spiro atoms. The molecule has 22 heavy (non-hydrogen) atoms. The van der Waals surface area contributed by atoms with Crippen LogP contribution in [0.25, 0.3) is 0 Å². The van der Waals surface area contributed by atoms with Crippen LogP contribution in [0.15, 0.2) is 12.1 Å². The van der Waals surface area contributed by atoms with E-state index >= 15 is 0 Å². The molecule has 118 valence electrons. The normalized spacial score (nSPS) is 10.1. The van der Waals surface area contributed by atoms with Gasteiger partial charge in [-0.1, -0.05) is 5.21 Å². The number of nitrogens with zero attached hydrogens (tertiary/aromatic N) is 3. The highest BCUT2D eigenvalue weighted by Crippen LogP contribution is 2.38. The van der Waals surface area contributed by atoms with E-state index in [2.05, 4.69) is 25.9 Å². The van der Waals surface area contributed by atoms with Gasteiger partial charge in [-0.15, -0.1) is 10.2 Å². The maximum Gasteiger partial charge on any atom is 0.251 e. The summed E-state index contributed by atoms with van der Waals surface area (Å²) in [6.45, 7) is 0.384. The second-order valence-electron chi connectivity index (χ2n) is 4.25. The van der Waals surface area contributed by atoms with E-state index in [-0.39, 0.29) is 5.91 Å². The number of hydrogen-bond donors (Lipinski definition) is 2. The minimum Gasteiger partial charge on any atom is -0.493 e. The molecule has 1 amide bonds. The van der Waals surface area contributed by atoms with E-state index in [1.54, 1.807) is 12.1 Å². The monoisotopic (exact) mass is 307 g/mol. The largest absolute Gasteiger partial charge is 0.493 e. The van der Waals surface area contributed by atoms with E-state index in [1.807, 2.05) is 0 Å². The first-order valence-corrected chi connectivity index (χ1v) is 6.50. The van der Waals surface area contributed by atoms with Gasteiger partial charge in [-0.25, -0.2) is 0 Å². The second-order valence-corrected chi connectivity index (χ2v) is 4.25. The van der Waals surface area contributed by atoms with Gasteiger partial charge in [0.1, 0.15) is 0 Å². The number of nitrogens with one attached hydrogen (secondary N) is 2. The highest BCUT2D eigenvalue weighted by Gasteiger charge is 2.16. The number of carbonyl (C=O) groups excluding carboxylic acids is 1. The number of rotatable bonds is 7. The quantitative estimate of drug-likeness (QED) is 0.751. The summed E-state index contributed by atoms with van der Waals surface area (Å²) in [6, 6.07) is 3.18. The summed E-state index contributed by atoms with van der Waals surface area (Å²) in [5, 5.41) is 16.2. The second kappa shape index (κ2) is 7.25. The Morgan fingerprint density at radius 2 is 1.86 bits per heavy atom. The molecule has 0 aliphatic rings. The van der Waals surface area contributed by atoms with Gasteiger partial charge in [0, 0.05) is 18.5 Å². The predicted octanol–water partition coefficient (Wildman–Crippen LogP) is 0.198. The van der Waals surface area contributed by atoms with Crippen LogP contribution in [0.1, 0.15) is 16.2 Å². The lowest BCUT2D eigenvalue weighted by molar-refractivity contribution is 0.0953. The van der Waals surface area contributed by atoms with E-state index < -0.39 is 0 Å². The van der Waals surface area contributed by atoms with Gasteiger partial charge >= 0.3 is 0 Å². The molecule has 0 fully saturated rings. The van der Waals surface area contributed by atoms with Crippen LogP contribution in [0.2, 0.25) is 0 Å². The predicted molar refractivity (Wildman–Crippen MR) is 76.3 cm³/mol. The number of amides is 1. The molecule has 0 saturated heterocycles. The molecule has 2 rings (SSSR count). The minimum atomic E-state index is -0.261. The number of aromatic amines is 1. The maximum absolute atomic E-state index is 12.2. The summed E-state index contributed by atoms with van der Waals surface area (Å²) in [4.78, 5) is 12.2. The molecule has 0 bridgehead atoms. The van der Waals surface area contributed by atoms with Crippen LogP contribution in [-0.4, -0.2) is 54.4 Å². The number of aromatic nitrogens is 4. The smallest absolute Gasteiger partial charge is 0.251 e. The summed E-state index contributed by atoms with van der Waals surface area (Å²) < 4.78 is 15.6. The number of hydrogen-bond acceptors (Lipinski definition) is 7. The Balaban J connectivity index is 2.08. The van der Waals surface area contributed by atoms with E-state index in [4.69, 9.17) is 14.2 Å². The van der Waals surface area contributed by atoms with Crippen molar-refractivity contribution in [2.45, 2.75) is 6.42 Å². The average molecular weight is 307 g/mol. The highest BCUT2D eigenvalue weighted by molar-refractivity contribution is 5.95. The summed E-state index contributed by atoms with van der Waals surface area (Å²) in [6.07, 6.45) is 0.479. The fraction of sp³-hybridized carbons (Fsp3) is 0.385. The molecule has 0 aliphatic carbocycles. The van der Waals surface area contributed by atoms with Gasteiger partial charge in [-0.2, -0.15) is 5.21 Å². The van der Waals surface area contributed by atoms with Crippen molar-refractivity contribution in [1.29, 1.82) is 0 Å². The Kier molecular flexibility index (Phi) is 5.12. The molecule has 9 heteroatoms. The fourth-order valence-electron chi connectivity index (χ4n) is 1.89. The van der Waals surface area contributed by atoms with Crippen molar-refractivity contribution in [2.24, 2.45) is 0 Å². The van der Waals surface area contributed by atoms with Crippen LogP contribution in [0, 0.1) is 0 Å². The molecule has 0 atom stereocenters. The molecule has 9 nitrogen and oxygen atoms in total. The van der Waals surface area contributed by atoms with Gasteiger partial charge in [0.25, 0.3) is 5.91 Å². The van der Waals surface area contributed by atoms with Crippen LogP contribution in [0.4, 0.5) is 0 Å². The molecule has 2 aromatic rings. The van der Waals surface area contributed by atoms with Crippen molar-refractivity contribution in [1.82, 2.24) is 25.9 Å². The van der Waals surface area contributed by atoms with E-state index in [9.17, 15) is 4.79 Å². The molecule has 0 radical (unpaired) electrons. The Labute approximate surface area is 127 Å². The Hall–Kier alpha value is -2.84. The lowest BCUT2D eigenvalue weighted by atomic mass is 10.1. The minimum absolute atomic E-state index is 0.261. The van der Waals surface area contributed by atoms with Crippen LogP contribution in [-0.2, 0) is 6.42 Å². The molecular formula is C13H17N5O4. The third-order valence-electron chi connectivity index (χ3n) is 2.95. The topological polar surface area (TPSA) is 111 Å². The highest BCUT2D eigenvalue weighted by atomic mass is 16.5. The van der Waals surface area contributed by atoms with Gasteiger partial charge in [0.2, 0.25) is 5.75 Å². The number of carbonyl (C=O) groups is 1. The van der Waals surface area contributed by atoms with Gasteiger partial charge in [0.05, 0.1) is 21.3 Å². The lowest BCUT2D eigenvalue weighted by Gasteiger charge is -2.14. The van der Waals surface area contributed by atoms with Crippen LogP contribution in [0.3, 0.4) is 0 Å². The van der Waals surface area contributed by atoms with Crippen LogP contribution >= 0.6 is 0 Å². The number of ether oxygens (including phenoxy) is 3. The molecule has 0 saturated carbocycles. The summed E-state index contributed by atoms with van der Waals surface area (Å²) in [5.74, 6) is 1.55. The maximum atomic E-state index is 12.2. The van der Waals surface area contributed by atoms with Crippen LogP contribution < -0.4 is 19.5 Å². The fourth-order valence-corrected chi connectivity index (χ4v) is 1.89. The summed E-state index contributed by atoms with van der Waals surface area (Å²) >= 11 is 0. The molecular weight excluding hydrogens is 290 g/mol. The zero-order valence-electron chi connectivity index (χ0n) is 12.5. The standard InChI is InChI=1S/C13H17N5O4/c1-20-9-6-8(7-10(21-2)12(9)22-3)13(19)14-5-4-11-15-17-18-16-11/h6-7H,4-5H2,1-3H3,(H,14,19)(H,15,16,17,18). The van der Waals surface area contributed by atoms with Crippen molar-refractivity contribution in [3.63, 3.8) is 0 Å². The Morgan fingerprint density at radius 1 is 1.18 bits per heavy atom. The molecule has 0 aliphatic heterocycles. The third-order valence-corrected chi connectivity index (χ3v) is 2.95. The number of benzene rings is 1. The van der Waals surface area contributed by atoms with Crippen molar-refractivity contribution in [2.75, 3.05) is 27.9 Å². The van der Waals surface area contributed by atoms with E-state index in [0.717, 1.165) is 0 Å². The SMILES string of the molecule is COc1cc(C(=O)NCCc2nn[nH]n2)cc(OC)c1OC.